The zero-order chi connectivity index (χ0) is 24.7. The minimum atomic E-state index is 0.329. The predicted molar refractivity (Wildman–Crippen MR) is 138 cm³/mol. The van der Waals surface area contributed by atoms with Gasteiger partial charge in [-0.3, -0.25) is 0 Å². The molecule has 32 heavy (non-hydrogen) atoms. The van der Waals surface area contributed by atoms with Crippen molar-refractivity contribution in [1.29, 1.82) is 5.26 Å². The van der Waals surface area contributed by atoms with E-state index in [0.29, 0.717) is 22.0 Å². The Morgan fingerprint density at radius 1 is 0.906 bits per heavy atom. The summed E-state index contributed by atoms with van der Waals surface area (Å²) in [6, 6.07) is 22.3. The third kappa shape index (κ3) is 8.36. The second-order valence-electron chi connectivity index (χ2n) is 6.60. The maximum Gasteiger partial charge on any atom is 0.188 e. The molecule has 0 aliphatic rings. The van der Waals surface area contributed by atoms with Gasteiger partial charge in [-0.2, -0.15) is 11.2 Å². The molecule has 0 bridgehead atoms. The lowest BCUT2D eigenvalue weighted by Crippen LogP contribution is -2.13. The summed E-state index contributed by atoms with van der Waals surface area (Å²) in [7, 11) is 3.63. The van der Waals surface area contributed by atoms with Gasteiger partial charge in [-0.25, -0.2) is 0 Å². The van der Waals surface area contributed by atoms with Crippen LogP contribution in [0.3, 0.4) is 0 Å². The number of benzene rings is 3. The van der Waals surface area contributed by atoms with Crippen molar-refractivity contribution >= 4 is 17.3 Å². The molecule has 0 unspecified atom stereocenters. The molecule has 0 saturated heterocycles. The van der Waals surface area contributed by atoms with Crippen LogP contribution < -0.4 is 15.6 Å². The molecular weight excluding hydrogens is 418 g/mol. The smallest absolute Gasteiger partial charge is 0.188 e. The van der Waals surface area contributed by atoms with Gasteiger partial charge in [0.25, 0.3) is 0 Å². The van der Waals surface area contributed by atoms with Crippen LogP contribution in [0.25, 0.3) is 11.1 Å². The van der Waals surface area contributed by atoms with Crippen LogP contribution in [-0.2, 0) is 0 Å². The average Bonchev–Trinajstić information content (AvgIpc) is 2.83. The van der Waals surface area contributed by atoms with E-state index >= 15 is 0 Å². The van der Waals surface area contributed by atoms with Crippen LogP contribution in [0.5, 0.6) is 5.75 Å². The first kappa shape index (κ1) is 28.6. The molecule has 3 aromatic rings. The SMILES string of the molecule is C#C.CC.CN(C)c1cc(C#N)cc(Cl)c1ON.Cc1ccc(-c2ccccc2)cc1C. The van der Waals surface area contributed by atoms with Gasteiger partial charge in [0, 0.05) is 14.1 Å². The molecule has 2 N–H and O–H groups in total. The van der Waals surface area contributed by atoms with Crippen molar-refractivity contribution in [3.8, 4) is 35.8 Å². The van der Waals surface area contributed by atoms with Crippen molar-refractivity contribution < 1.29 is 4.84 Å². The molecule has 0 spiro atoms. The lowest BCUT2D eigenvalue weighted by atomic mass is 10.0. The van der Waals surface area contributed by atoms with Crippen LogP contribution in [-0.4, -0.2) is 14.1 Å². The quantitative estimate of drug-likeness (QED) is 0.353. The second kappa shape index (κ2) is 15.4. The number of nitrogens with two attached hydrogens (primary N) is 1. The standard InChI is InChI=1S/C14H14.C9H10ClN3O.C2H6.C2H2/c1-11-8-9-14(10-12(11)2)13-6-4-3-5-7-13;1-13(2)8-4-6(5-11)3-7(10)9(8)14-12;2*1-2/h3-10H,1-2H3;3-4H,12H2,1-2H3;1-2H3;1-2H. The van der Waals surface area contributed by atoms with Gasteiger partial charge in [-0.05, 0) is 48.2 Å². The maximum atomic E-state index is 8.73. The van der Waals surface area contributed by atoms with Gasteiger partial charge >= 0.3 is 0 Å². The Kier molecular flexibility index (Phi) is 13.7. The van der Waals surface area contributed by atoms with Crippen molar-refractivity contribution in [3.63, 3.8) is 0 Å². The molecule has 3 aromatic carbocycles. The summed E-state index contributed by atoms with van der Waals surface area (Å²) < 4.78 is 0. The van der Waals surface area contributed by atoms with Gasteiger partial charge < -0.3 is 9.74 Å². The molecule has 0 aliphatic carbocycles. The summed E-state index contributed by atoms with van der Waals surface area (Å²) in [6.45, 7) is 8.30. The second-order valence-corrected chi connectivity index (χ2v) is 7.00. The van der Waals surface area contributed by atoms with E-state index < -0.39 is 0 Å². The monoisotopic (exact) mass is 449 g/mol. The zero-order valence-electron chi connectivity index (χ0n) is 19.7. The Hall–Kier alpha value is -3.44. The summed E-state index contributed by atoms with van der Waals surface area (Å²) >= 11 is 5.87. The third-order valence-electron chi connectivity index (χ3n) is 4.37. The van der Waals surface area contributed by atoms with Crippen molar-refractivity contribution in [2.75, 3.05) is 19.0 Å². The van der Waals surface area contributed by atoms with Crippen LogP contribution >= 0.6 is 11.6 Å². The summed E-state index contributed by atoms with van der Waals surface area (Å²) in [5.74, 6) is 5.46. The zero-order valence-corrected chi connectivity index (χ0v) is 20.4. The predicted octanol–water partition coefficient (Wildman–Crippen LogP) is 6.78. The highest BCUT2D eigenvalue weighted by molar-refractivity contribution is 6.32. The van der Waals surface area contributed by atoms with E-state index in [2.05, 4.69) is 74.0 Å². The van der Waals surface area contributed by atoms with Crippen LogP contribution in [0.15, 0.2) is 60.7 Å². The molecule has 4 nitrogen and oxygen atoms in total. The summed E-state index contributed by atoms with van der Waals surface area (Å²) in [4.78, 5) is 6.43. The first-order chi connectivity index (χ1) is 15.4. The van der Waals surface area contributed by atoms with Crippen molar-refractivity contribution in [1.82, 2.24) is 0 Å². The topological polar surface area (TPSA) is 62.3 Å². The molecule has 5 heteroatoms. The minimum absolute atomic E-state index is 0.329. The Morgan fingerprint density at radius 3 is 1.97 bits per heavy atom. The average molecular weight is 450 g/mol. The number of aryl methyl sites for hydroxylation is 2. The number of terminal acetylenes is 1. The van der Waals surface area contributed by atoms with Gasteiger partial charge in [-0.1, -0.05) is 74.0 Å². The lowest BCUT2D eigenvalue weighted by molar-refractivity contribution is 0.335. The van der Waals surface area contributed by atoms with Crippen molar-refractivity contribution in [3.05, 3.63) is 82.4 Å². The molecule has 0 amide bonds. The molecule has 0 radical (unpaired) electrons. The largest absolute Gasteiger partial charge is 0.408 e. The fourth-order valence-corrected chi connectivity index (χ4v) is 2.90. The molecule has 0 aliphatic heterocycles. The van der Waals surface area contributed by atoms with E-state index in [9.17, 15) is 0 Å². The molecule has 0 saturated carbocycles. The number of hydrogen-bond acceptors (Lipinski definition) is 4. The van der Waals surface area contributed by atoms with Gasteiger partial charge in [0.1, 0.15) is 0 Å². The molecule has 0 atom stereocenters. The van der Waals surface area contributed by atoms with Crippen LogP contribution in [0.4, 0.5) is 5.69 Å². The third-order valence-corrected chi connectivity index (χ3v) is 4.65. The normalized spacial score (nSPS) is 8.78. The minimum Gasteiger partial charge on any atom is -0.408 e. The summed E-state index contributed by atoms with van der Waals surface area (Å²) in [5.41, 5.74) is 6.44. The molecule has 0 aromatic heterocycles. The number of anilines is 1. The van der Waals surface area contributed by atoms with Crippen molar-refractivity contribution in [2.24, 2.45) is 5.90 Å². The Bertz CT molecular complexity index is 1020. The van der Waals surface area contributed by atoms with Crippen LogP contribution in [0.2, 0.25) is 5.02 Å². The molecular formula is C27H32ClN3O. The van der Waals surface area contributed by atoms with Crippen molar-refractivity contribution in [2.45, 2.75) is 27.7 Å². The highest BCUT2D eigenvalue weighted by atomic mass is 35.5. The first-order valence-corrected chi connectivity index (χ1v) is 10.5. The number of rotatable bonds is 3. The van der Waals surface area contributed by atoms with Gasteiger partial charge in [0.05, 0.1) is 22.3 Å². The van der Waals surface area contributed by atoms with E-state index in [0.717, 1.165) is 0 Å². The highest BCUT2D eigenvalue weighted by Gasteiger charge is 2.12. The summed E-state index contributed by atoms with van der Waals surface area (Å²) in [5, 5.41) is 9.06. The molecule has 3 rings (SSSR count). The van der Waals surface area contributed by atoms with E-state index in [1.54, 1.807) is 11.0 Å². The fourth-order valence-electron chi connectivity index (χ4n) is 2.64. The maximum absolute atomic E-state index is 8.73. The Balaban J connectivity index is 0.000000520. The number of halogens is 1. The van der Waals surface area contributed by atoms with Gasteiger partial charge in [-0.15, -0.1) is 12.8 Å². The highest BCUT2D eigenvalue weighted by Crippen LogP contribution is 2.35. The number of nitrogens with zero attached hydrogens (tertiary/aromatic N) is 2. The molecule has 0 heterocycles. The van der Waals surface area contributed by atoms with E-state index in [1.165, 1.54) is 28.3 Å². The fraction of sp³-hybridized carbons (Fsp3) is 0.222. The van der Waals surface area contributed by atoms with Crippen LogP contribution in [0, 0.1) is 38.0 Å². The number of hydrogen-bond donors (Lipinski definition) is 1. The molecule has 0 fully saturated rings. The van der Waals surface area contributed by atoms with E-state index in [-0.39, 0.29) is 0 Å². The lowest BCUT2D eigenvalue weighted by Gasteiger charge is -2.16. The van der Waals surface area contributed by atoms with Gasteiger partial charge in [0.2, 0.25) is 0 Å². The van der Waals surface area contributed by atoms with Gasteiger partial charge in [0.15, 0.2) is 5.75 Å². The summed E-state index contributed by atoms with van der Waals surface area (Å²) in [6.07, 6.45) is 8.00. The first-order valence-electron chi connectivity index (χ1n) is 10.1. The number of nitriles is 1. The van der Waals surface area contributed by atoms with Crippen LogP contribution in [0.1, 0.15) is 30.5 Å². The Morgan fingerprint density at radius 2 is 1.50 bits per heavy atom. The van der Waals surface area contributed by atoms with E-state index in [4.69, 9.17) is 22.8 Å². The Labute approximate surface area is 198 Å². The van der Waals surface area contributed by atoms with E-state index in [1.807, 2.05) is 40.1 Å². The molecule has 168 valence electrons.